The van der Waals surface area contributed by atoms with Crippen LogP contribution in [0.25, 0.3) is 5.57 Å². The first-order valence-corrected chi connectivity index (χ1v) is 6.39. The molecule has 0 aliphatic heterocycles. The molecule has 0 unspecified atom stereocenters. The lowest BCUT2D eigenvalue weighted by Crippen LogP contribution is -2.42. The minimum Gasteiger partial charge on any atom is -0.0807 e. The van der Waals surface area contributed by atoms with E-state index in [-0.39, 0.29) is 0 Å². The fourth-order valence-corrected chi connectivity index (χ4v) is 3.76. The molecule has 0 saturated heterocycles. The van der Waals surface area contributed by atoms with Gasteiger partial charge in [-0.1, -0.05) is 48.6 Å². The van der Waals surface area contributed by atoms with Crippen LogP contribution >= 0.6 is 0 Å². The summed E-state index contributed by atoms with van der Waals surface area (Å²) >= 11 is 0. The van der Waals surface area contributed by atoms with Crippen LogP contribution in [0, 0.1) is 23.7 Å². The van der Waals surface area contributed by atoms with Gasteiger partial charge in [-0.05, 0) is 41.7 Å². The average Bonchev–Trinajstić information content (AvgIpc) is 2.30. The van der Waals surface area contributed by atoms with Gasteiger partial charge in [-0.25, -0.2) is 0 Å². The van der Waals surface area contributed by atoms with E-state index in [1.165, 1.54) is 18.4 Å². The fraction of sp³-hybridized carbons (Fsp3) is 0.375. The van der Waals surface area contributed by atoms with Crippen molar-refractivity contribution in [1.82, 2.24) is 0 Å². The Hall–Kier alpha value is -1.30. The third-order valence-corrected chi connectivity index (χ3v) is 4.72. The number of allylic oxidation sites excluding steroid dienone is 4. The number of hydrogen-bond acceptors (Lipinski definition) is 0. The van der Waals surface area contributed by atoms with Crippen LogP contribution in [-0.4, -0.2) is 0 Å². The predicted octanol–water partition coefficient (Wildman–Crippen LogP) is 3.91. The summed E-state index contributed by atoms with van der Waals surface area (Å²) in [6.45, 7) is 0. The zero-order valence-corrected chi connectivity index (χ0v) is 9.34. The van der Waals surface area contributed by atoms with Gasteiger partial charge in [-0.15, -0.1) is 0 Å². The zero-order chi connectivity index (χ0) is 10.5. The van der Waals surface area contributed by atoms with E-state index in [1.54, 1.807) is 5.57 Å². The van der Waals surface area contributed by atoms with Crippen molar-refractivity contribution in [3.8, 4) is 0 Å². The molecule has 1 aromatic carbocycles. The number of hydrogen-bond donors (Lipinski definition) is 0. The van der Waals surface area contributed by atoms with E-state index >= 15 is 0 Å². The molecular weight excluding hydrogens is 192 g/mol. The average molecular weight is 208 g/mol. The van der Waals surface area contributed by atoms with Gasteiger partial charge in [0.15, 0.2) is 0 Å². The van der Waals surface area contributed by atoms with Crippen LogP contribution in [0.4, 0.5) is 0 Å². The van der Waals surface area contributed by atoms with Gasteiger partial charge in [0.2, 0.25) is 0 Å². The Morgan fingerprint density at radius 2 is 1.69 bits per heavy atom. The molecule has 0 nitrogen and oxygen atoms in total. The molecule has 0 spiro atoms. The standard InChI is InChI=1S/C16H16/c1-2-4-11(5-3-1)16-10-12-6-7-15(16)14-9-8-13(12)14/h1-7,10,12-15H,8-9H2/t12-,13-,14-,15-/m0/s1. The number of rotatable bonds is 1. The molecule has 0 radical (unpaired) electrons. The summed E-state index contributed by atoms with van der Waals surface area (Å²) in [6, 6.07) is 10.9. The third kappa shape index (κ3) is 1.05. The number of benzene rings is 1. The van der Waals surface area contributed by atoms with E-state index < -0.39 is 0 Å². The lowest BCUT2D eigenvalue weighted by Gasteiger charge is -2.51. The van der Waals surface area contributed by atoms with Gasteiger partial charge in [-0.2, -0.15) is 0 Å². The third-order valence-electron chi connectivity index (χ3n) is 4.72. The van der Waals surface area contributed by atoms with E-state index in [2.05, 4.69) is 48.6 Å². The first-order valence-electron chi connectivity index (χ1n) is 6.39. The van der Waals surface area contributed by atoms with Gasteiger partial charge in [0.05, 0.1) is 0 Å². The highest BCUT2D eigenvalue weighted by Gasteiger charge is 2.46. The van der Waals surface area contributed by atoms with Gasteiger partial charge in [-0.3, -0.25) is 0 Å². The SMILES string of the molecule is C1=C[C@@H]2C(c3ccccc3)=C[C@H]1[C@@H]1CC[C@@H]12. The maximum absolute atomic E-state index is 2.53. The maximum Gasteiger partial charge on any atom is 0.00524 e. The molecule has 1 fully saturated rings. The summed E-state index contributed by atoms with van der Waals surface area (Å²) in [5.74, 6) is 3.38. The molecule has 1 saturated carbocycles. The van der Waals surface area contributed by atoms with Crippen LogP contribution in [0.3, 0.4) is 0 Å². The van der Waals surface area contributed by atoms with Crippen molar-refractivity contribution in [2.24, 2.45) is 23.7 Å². The molecule has 2 bridgehead atoms. The van der Waals surface area contributed by atoms with Crippen LogP contribution in [0.1, 0.15) is 18.4 Å². The van der Waals surface area contributed by atoms with Crippen LogP contribution in [0.15, 0.2) is 48.6 Å². The second-order valence-corrected chi connectivity index (χ2v) is 5.38. The van der Waals surface area contributed by atoms with Crippen molar-refractivity contribution in [2.45, 2.75) is 12.8 Å². The Morgan fingerprint density at radius 3 is 2.38 bits per heavy atom. The van der Waals surface area contributed by atoms with Crippen molar-refractivity contribution in [3.63, 3.8) is 0 Å². The monoisotopic (exact) mass is 208 g/mol. The molecule has 0 aromatic heterocycles. The minimum absolute atomic E-state index is 0.714. The fourth-order valence-electron chi connectivity index (χ4n) is 3.76. The molecule has 0 amide bonds. The molecule has 0 heteroatoms. The topological polar surface area (TPSA) is 0 Å². The molecule has 1 aromatic rings. The first-order chi connectivity index (χ1) is 7.93. The molecule has 80 valence electrons. The largest absolute Gasteiger partial charge is 0.0807 e. The summed E-state index contributed by atoms with van der Waals surface area (Å²) in [7, 11) is 0. The maximum atomic E-state index is 2.53. The second-order valence-electron chi connectivity index (χ2n) is 5.38. The summed E-state index contributed by atoms with van der Waals surface area (Å²) in [5, 5.41) is 0. The molecule has 4 aliphatic carbocycles. The van der Waals surface area contributed by atoms with E-state index in [0.29, 0.717) is 5.92 Å². The van der Waals surface area contributed by atoms with E-state index in [1.807, 2.05) is 0 Å². The molecule has 4 aliphatic rings. The Kier molecular flexibility index (Phi) is 1.71. The van der Waals surface area contributed by atoms with Crippen LogP contribution in [-0.2, 0) is 0 Å². The Bertz CT molecular complexity index is 466. The summed E-state index contributed by atoms with van der Waals surface area (Å²) in [5.41, 5.74) is 3.03. The Balaban J connectivity index is 1.79. The van der Waals surface area contributed by atoms with Crippen LogP contribution in [0.5, 0.6) is 0 Å². The van der Waals surface area contributed by atoms with Gasteiger partial charge in [0, 0.05) is 5.92 Å². The van der Waals surface area contributed by atoms with Gasteiger partial charge in [0.25, 0.3) is 0 Å². The first kappa shape index (κ1) is 8.81. The smallest absolute Gasteiger partial charge is 0.00524 e. The van der Waals surface area contributed by atoms with Crippen molar-refractivity contribution in [2.75, 3.05) is 0 Å². The molecule has 16 heavy (non-hydrogen) atoms. The van der Waals surface area contributed by atoms with E-state index in [9.17, 15) is 0 Å². The van der Waals surface area contributed by atoms with E-state index in [4.69, 9.17) is 0 Å². The highest BCUT2D eigenvalue weighted by atomic mass is 14.5. The molecule has 5 rings (SSSR count). The van der Waals surface area contributed by atoms with Gasteiger partial charge >= 0.3 is 0 Å². The van der Waals surface area contributed by atoms with E-state index in [0.717, 1.165) is 17.8 Å². The Labute approximate surface area is 96.7 Å². The van der Waals surface area contributed by atoms with Crippen molar-refractivity contribution < 1.29 is 0 Å². The summed E-state index contributed by atoms with van der Waals surface area (Å²) in [4.78, 5) is 0. The van der Waals surface area contributed by atoms with Gasteiger partial charge in [0.1, 0.15) is 0 Å². The quantitative estimate of drug-likeness (QED) is 0.614. The van der Waals surface area contributed by atoms with Crippen molar-refractivity contribution in [3.05, 3.63) is 54.1 Å². The highest BCUT2D eigenvalue weighted by Crippen LogP contribution is 2.56. The van der Waals surface area contributed by atoms with Crippen molar-refractivity contribution >= 4 is 5.57 Å². The normalized spacial score (nSPS) is 38.9. The second kappa shape index (κ2) is 3.10. The molecule has 0 N–H and O–H groups in total. The van der Waals surface area contributed by atoms with Crippen molar-refractivity contribution in [1.29, 1.82) is 0 Å². The highest BCUT2D eigenvalue weighted by molar-refractivity contribution is 5.72. The van der Waals surface area contributed by atoms with Gasteiger partial charge < -0.3 is 0 Å². The molecule has 0 heterocycles. The molecular formula is C16H16. The summed E-state index contributed by atoms with van der Waals surface area (Å²) in [6.07, 6.45) is 10.3. The Morgan fingerprint density at radius 1 is 0.875 bits per heavy atom. The van der Waals surface area contributed by atoms with Crippen LogP contribution < -0.4 is 0 Å². The lowest BCUT2D eigenvalue weighted by molar-refractivity contribution is 0.103. The summed E-state index contributed by atoms with van der Waals surface area (Å²) < 4.78 is 0. The molecule has 4 atom stereocenters. The lowest BCUT2D eigenvalue weighted by atomic mass is 9.53. The minimum atomic E-state index is 0.714. The zero-order valence-electron chi connectivity index (χ0n) is 9.34. The van der Waals surface area contributed by atoms with Crippen LogP contribution in [0.2, 0.25) is 0 Å². The predicted molar refractivity (Wildman–Crippen MR) is 66.8 cm³/mol.